The Morgan fingerprint density at radius 2 is 1.89 bits per heavy atom. The van der Waals surface area contributed by atoms with Gasteiger partial charge in [-0.25, -0.2) is 0 Å². The predicted octanol–water partition coefficient (Wildman–Crippen LogP) is -2.52. The second-order valence-corrected chi connectivity index (χ2v) is 2.86. The first kappa shape index (κ1) is 8.74. The first-order chi connectivity index (χ1) is 3.95. The van der Waals surface area contributed by atoms with Gasteiger partial charge in [0, 0.05) is 0 Å². The zero-order valence-corrected chi connectivity index (χ0v) is 5.40. The van der Waals surface area contributed by atoms with E-state index in [1.54, 1.807) is 0 Å². The predicted molar refractivity (Wildman–Crippen MR) is 30.2 cm³/mol. The molecule has 0 bridgehead atoms. The number of rotatable bonds is 2. The number of carbonyl (C=O) groups is 1. The molecule has 0 aromatic carbocycles. The second-order valence-electron chi connectivity index (χ2n) is 1.34. The van der Waals surface area contributed by atoms with Crippen molar-refractivity contribution < 1.29 is 24.6 Å². The molecule has 56 valence electrons. The van der Waals surface area contributed by atoms with E-state index in [1.807, 2.05) is 0 Å². The van der Waals surface area contributed by atoms with Gasteiger partial charge in [0.15, 0.2) is 0 Å². The molecule has 0 heterocycles. The fourth-order valence-electron chi connectivity index (χ4n) is 0.227. The standard InChI is InChI=1S/C2H8NO5P/c4-1-2(5)3-9(6,7)8/h4,6-9H,1H2,(H,3,5). The zero-order valence-electron chi connectivity index (χ0n) is 4.40. The van der Waals surface area contributed by atoms with Crippen molar-refractivity contribution >= 4 is 14.0 Å². The monoisotopic (exact) mass is 157 g/mol. The van der Waals surface area contributed by atoms with E-state index in [0.717, 1.165) is 0 Å². The van der Waals surface area contributed by atoms with Gasteiger partial charge in [-0.05, 0) is 0 Å². The summed E-state index contributed by atoms with van der Waals surface area (Å²) < 4.78 is 0. The van der Waals surface area contributed by atoms with Gasteiger partial charge in [0.25, 0.3) is 0 Å². The normalized spacial score (nSPS) is 12.9. The van der Waals surface area contributed by atoms with Gasteiger partial charge in [-0.2, -0.15) is 0 Å². The molecule has 0 spiro atoms. The van der Waals surface area contributed by atoms with Crippen molar-refractivity contribution in [2.24, 2.45) is 0 Å². The molecule has 0 aliphatic rings. The quantitative estimate of drug-likeness (QED) is 0.284. The van der Waals surface area contributed by atoms with Crippen molar-refractivity contribution in [2.75, 3.05) is 6.61 Å². The molecule has 1 amide bonds. The molecule has 0 saturated carbocycles. The molecular weight excluding hydrogens is 149 g/mol. The van der Waals surface area contributed by atoms with Crippen LogP contribution < -0.4 is 5.09 Å². The van der Waals surface area contributed by atoms with Crippen molar-refractivity contribution in [1.82, 2.24) is 5.09 Å². The summed E-state index contributed by atoms with van der Waals surface area (Å²) in [5, 5.41) is 9.36. The number of hydrogen-bond donors (Lipinski definition) is 5. The molecule has 5 N–H and O–H groups in total. The molecule has 0 radical (unpaired) electrons. The zero-order chi connectivity index (χ0) is 7.49. The number of aliphatic hydroxyl groups is 1. The summed E-state index contributed by atoms with van der Waals surface area (Å²) in [5.41, 5.74) is 0. The topological polar surface area (TPSA) is 110 Å². The second kappa shape index (κ2) is 3.05. The Labute approximate surface area is 51.4 Å². The average Bonchev–Trinajstić information content (AvgIpc) is 1.62. The summed E-state index contributed by atoms with van der Waals surface area (Å²) in [6.45, 7) is -0.879. The molecule has 6 nitrogen and oxygen atoms in total. The summed E-state index contributed by atoms with van der Waals surface area (Å²) >= 11 is 0. The van der Waals surface area contributed by atoms with Crippen molar-refractivity contribution in [3.8, 4) is 0 Å². The third-order valence-corrected chi connectivity index (χ3v) is 1.06. The van der Waals surface area contributed by atoms with E-state index in [0.29, 0.717) is 0 Å². The van der Waals surface area contributed by atoms with Crippen LogP contribution in [0.2, 0.25) is 0 Å². The van der Waals surface area contributed by atoms with E-state index in [4.69, 9.17) is 19.8 Å². The third kappa shape index (κ3) is 5.61. The van der Waals surface area contributed by atoms with Gasteiger partial charge in [-0.15, -0.1) is 0 Å². The maximum atomic E-state index is 10.0. The summed E-state index contributed by atoms with van der Waals surface area (Å²) in [6, 6.07) is 0. The van der Waals surface area contributed by atoms with Gasteiger partial charge in [-0.3, -0.25) is 0 Å². The van der Waals surface area contributed by atoms with Crippen molar-refractivity contribution in [3.05, 3.63) is 0 Å². The van der Waals surface area contributed by atoms with Gasteiger partial charge in [-0.1, -0.05) is 0 Å². The van der Waals surface area contributed by atoms with Gasteiger partial charge in [0.2, 0.25) is 0 Å². The molecule has 0 aliphatic carbocycles. The Morgan fingerprint density at radius 3 is 2.00 bits per heavy atom. The van der Waals surface area contributed by atoms with E-state index < -0.39 is 20.6 Å². The minimum atomic E-state index is -4.50. The van der Waals surface area contributed by atoms with Crippen molar-refractivity contribution in [3.63, 3.8) is 0 Å². The van der Waals surface area contributed by atoms with Crippen LogP contribution in [0.5, 0.6) is 0 Å². The fourth-order valence-corrected chi connectivity index (χ4v) is 0.680. The Kier molecular flexibility index (Phi) is 2.96. The van der Waals surface area contributed by atoms with E-state index >= 15 is 0 Å². The molecular formula is C2H8NO5P. The molecule has 7 heteroatoms. The van der Waals surface area contributed by atoms with Crippen LogP contribution in [0.25, 0.3) is 0 Å². The fraction of sp³-hybridized carbons (Fsp3) is 0.500. The Hall–Kier alpha value is -0.260. The van der Waals surface area contributed by atoms with Gasteiger partial charge in [0.05, 0.1) is 0 Å². The third-order valence-electron chi connectivity index (χ3n) is 0.451. The molecule has 0 aromatic rings. The molecule has 0 aliphatic heterocycles. The van der Waals surface area contributed by atoms with Crippen LogP contribution in [0.15, 0.2) is 0 Å². The maximum absolute atomic E-state index is 10.0. The summed E-state index contributed by atoms with van der Waals surface area (Å²) in [4.78, 5) is 34.4. The van der Waals surface area contributed by atoms with Crippen LogP contribution in [0.1, 0.15) is 0 Å². The van der Waals surface area contributed by atoms with Crippen molar-refractivity contribution in [2.45, 2.75) is 0 Å². The minimum absolute atomic E-state index is 0.879. The molecule has 0 fully saturated rings. The van der Waals surface area contributed by atoms with E-state index in [9.17, 15) is 4.79 Å². The Balaban J connectivity index is 3.60. The number of amides is 1. The summed E-state index contributed by atoms with van der Waals surface area (Å²) in [6.07, 6.45) is 0. The van der Waals surface area contributed by atoms with Crippen LogP contribution in [-0.4, -0.2) is 32.3 Å². The molecule has 0 unspecified atom stereocenters. The Morgan fingerprint density at radius 1 is 1.44 bits per heavy atom. The van der Waals surface area contributed by atoms with E-state index in [1.165, 1.54) is 5.09 Å². The summed E-state index contributed by atoms with van der Waals surface area (Å²) in [5.74, 6) is -1.02. The van der Waals surface area contributed by atoms with E-state index in [-0.39, 0.29) is 0 Å². The molecule has 0 atom stereocenters. The van der Waals surface area contributed by atoms with Crippen LogP contribution in [0.4, 0.5) is 0 Å². The number of nitrogens with one attached hydrogen (secondary N) is 1. The molecule has 0 aromatic heterocycles. The van der Waals surface area contributed by atoms with Crippen LogP contribution in [0, 0.1) is 0 Å². The van der Waals surface area contributed by atoms with Gasteiger partial charge < -0.3 is 0 Å². The van der Waals surface area contributed by atoms with Crippen LogP contribution >= 0.6 is 8.09 Å². The van der Waals surface area contributed by atoms with E-state index in [2.05, 4.69) is 0 Å². The number of hydrogen-bond acceptors (Lipinski definition) is 5. The first-order valence-electron chi connectivity index (χ1n) is 2.04. The molecule has 9 heavy (non-hydrogen) atoms. The van der Waals surface area contributed by atoms with Gasteiger partial charge >= 0.3 is 50.3 Å². The number of carbonyl (C=O) groups excluding carboxylic acids is 1. The number of aliphatic hydroxyl groups excluding tert-OH is 1. The van der Waals surface area contributed by atoms with Crippen molar-refractivity contribution in [1.29, 1.82) is 0 Å². The molecule has 0 saturated heterocycles. The summed E-state index contributed by atoms with van der Waals surface area (Å²) in [7, 11) is -4.50. The van der Waals surface area contributed by atoms with Crippen LogP contribution in [0.3, 0.4) is 0 Å². The average molecular weight is 157 g/mol. The van der Waals surface area contributed by atoms with Crippen LogP contribution in [-0.2, 0) is 4.79 Å². The Bertz CT molecular complexity index is 108. The van der Waals surface area contributed by atoms with Gasteiger partial charge in [0.1, 0.15) is 0 Å². The first-order valence-corrected chi connectivity index (χ1v) is 3.89. The SMILES string of the molecule is O=C(CO)N[PH](O)(O)O. The molecule has 0 rings (SSSR count).